The maximum absolute atomic E-state index is 12.1. The average molecular weight is 428 g/mol. The molecule has 0 radical (unpaired) electrons. The molecule has 0 aromatic carbocycles. The molecule has 1 aromatic rings. The molecular formula is C16H24N6O8. The fraction of sp³-hybridized carbons (Fsp3) is 0.500. The van der Waals surface area contributed by atoms with Crippen LogP contribution in [0.1, 0.15) is 18.5 Å². The van der Waals surface area contributed by atoms with Crippen molar-refractivity contribution in [2.24, 2.45) is 5.73 Å². The van der Waals surface area contributed by atoms with Crippen molar-refractivity contribution in [1.29, 1.82) is 0 Å². The number of aromatic amines is 1. The highest BCUT2D eigenvalue weighted by Gasteiger charge is 2.25. The molecule has 0 spiro atoms. The number of carbonyl (C=O) groups is 5. The normalized spacial score (nSPS) is 13.5. The Morgan fingerprint density at radius 2 is 1.80 bits per heavy atom. The van der Waals surface area contributed by atoms with E-state index >= 15 is 0 Å². The van der Waals surface area contributed by atoms with Gasteiger partial charge in [0.05, 0.1) is 25.5 Å². The summed E-state index contributed by atoms with van der Waals surface area (Å²) in [6.07, 6.45) is 2.18. The first kappa shape index (κ1) is 24.5. The highest BCUT2D eigenvalue weighted by Crippen LogP contribution is 1.99. The van der Waals surface area contributed by atoms with Crippen LogP contribution in [0.4, 0.5) is 0 Å². The number of imidazole rings is 1. The van der Waals surface area contributed by atoms with Gasteiger partial charge in [-0.25, -0.2) is 9.78 Å². The topological polar surface area (TPSA) is 237 Å². The summed E-state index contributed by atoms with van der Waals surface area (Å²) in [6.45, 7) is -1.42. The molecule has 0 aliphatic carbocycles. The van der Waals surface area contributed by atoms with Crippen LogP contribution in [-0.4, -0.2) is 86.2 Å². The number of carboxylic acids is 2. The Morgan fingerprint density at radius 3 is 2.33 bits per heavy atom. The lowest BCUT2D eigenvalue weighted by Crippen LogP contribution is -2.55. The number of amides is 3. The molecule has 3 atom stereocenters. The Morgan fingerprint density at radius 1 is 1.10 bits per heavy atom. The zero-order valence-corrected chi connectivity index (χ0v) is 15.8. The summed E-state index contributed by atoms with van der Waals surface area (Å²) in [4.78, 5) is 64.1. The highest BCUT2D eigenvalue weighted by atomic mass is 16.4. The van der Waals surface area contributed by atoms with Gasteiger partial charge in [-0.2, -0.15) is 0 Å². The van der Waals surface area contributed by atoms with Crippen molar-refractivity contribution >= 4 is 29.7 Å². The monoisotopic (exact) mass is 428 g/mol. The number of aliphatic carboxylic acids is 2. The van der Waals surface area contributed by atoms with Crippen LogP contribution < -0.4 is 21.7 Å². The number of rotatable bonds is 13. The predicted molar refractivity (Wildman–Crippen MR) is 98.7 cm³/mol. The second-order valence-electron chi connectivity index (χ2n) is 6.24. The van der Waals surface area contributed by atoms with Crippen molar-refractivity contribution in [3.05, 3.63) is 18.2 Å². The first-order chi connectivity index (χ1) is 14.1. The standard InChI is InChI=1S/C16H24N6O8/c17-9(3-8-4-18-7-20-8)14(27)22-11(6-23)15(28)19-5-12(24)21-10(16(29)30)1-2-13(25)26/h4,7,9-11,23H,1-3,5-6,17H2,(H,18,20)(H,19,28)(H,21,24)(H,22,27)(H,25,26)(H,29,30). The molecule has 14 nitrogen and oxygen atoms in total. The fourth-order valence-electron chi connectivity index (χ4n) is 2.26. The van der Waals surface area contributed by atoms with Gasteiger partial charge in [-0.05, 0) is 6.42 Å². The van der Waals surface area contributed by atoms with E-state index in [0.717, 1.165) is 0 Å². The quantitative estimate of drug-likeness (QED) is 0.153. The van der Waals surface area contributed by atoms with Crippen LogP contribution in [0.15, 0.2) is 12.5 Å². The van der Waals surface area contributed by atoms with Gasteiger partial charge in [0.25, 0.3) is 0 Å². The number of nitrogens with one attached hydrogen (secondary N) is 4. The third kappa shape index (κ3) is 8.66. The molecule has 1 aromatic heterocycles. The molecular weight excluding hydrogens is 404 g/mol. The lowest BCUT2D eigenvalue weighted by atomic mass is 10.1. The second kappa shape index (κ2) is 12.1. The van der Waals surface area contributed by atoms with Crippen LogP contribution in [0.2, 0.25) is 0 Å². The predicted octanol–water partition coefficient (Wildman–Crippen LogP) is -3.69. The number of aliphatic hydroxyl groups is 1. The van der Waals surface area contributed by atoms with E-state index < -0.39 is 67.4 Å². The molecule has 3 unspecified atom stereocenters. The summed E-state index contributed by atoms with van der Waals surface area (Å²) in [6, 6.07) is -3.86. The van der Waals surface area contributed by atoms with E-state index in [1.165, 1.54) is 12.5 Å². The third-order valence-corrected chi connectivity index (χ3v) is 3.85. The van der Waals surface area contributed by atoms with Crippen molar-refractivity contribution in [3.63, 3.8) is 0 Å². The lowest BCUT2D eigenvalue weighted by molar-refractivity contribution is -0.143. The van der Waals surface area contributed by atoms with E-state index in [1.807, 2.05) is 0 Å². The van der Waals surface area contributed by atoms with Crippen LogP contribution in [0.5, 0.6) is 0 Å². The zero-order chi connectivity index (χ0) is 22.7. The number of nitrogens with two attached hydrogens (primary N) is 1. The van der Waals surface area contributed by atoms with Crippen molar-refractivity contribution in [2.75, 3.05) is 13.2 Å². The van der Waals surface area contributed by atoms with E-state index in [-0.39, 0.29) is 12.8 Å². The minimum atomic E-state index is -1.45. The number of aromatic nitrogens is 2. The maximum Gasteiger partial charge on any atom is 0.326 e. The van der Waals surface area contributed by atoms with Crippen molar-refractivity contribution in [2.45, 2.75) is 37.4 Å². The van der Waals surface area contributed by atoms with Gasteiger partial charge < -0.3 is 42.0 Å². The van der Waals surface area contributed by atoms with Gasteiger partial charge in [0, 0.05) is 24.7 Å². The zero-order valence-electron chi connectivity index (χ0n) is 15.8. The average Bonchev–Trinajstić information content (AvgIpc) is 3.19. The van der Waals surface area contributed by atoms with Crippen molar-refractivity contribution in [3.8, 4) is 0 Å². The molecule has 0 aliphatic heterocycles. The summed E-state index contributed by atoms with van der Waals surface area (Å²) in [7, 11) is 0. The smallest absolute Gasteiger partial charge is 0.326 e. The van der Waals surface area contributed by atoms with Gasteiger partial charge in [0.1, 0.15) is 12.1 Å². The fourth-order valence-corrected chi connectivity index (χ4v) is 2.26. The summed E-state index contributed by atoms with van der Waals surface area (Å²) in [5.74, 6) is -5.16. The second-order valence-corrected chi connectivity index (χ2v) is 6.24. The molecule has 166 valence electrons. The van der Waals surface area contributed by atoms with E-state index in [4.69, 9.17) is 15.9 Å². The van der Waals surface area contributed by atoms with Crippen molar-refractivity contribution in [1.82, 2.24) is 25.9 Å². The molecule has 3 amide bonds. The molecule has 9 N–H and O–H groups in total. The van der Waals surface area contributed by atoms with E-state index in [9.17, 15) is 29.1 Å². The number of nitrogens with zero attached hydrogens (tertiary/aromatic N) is 1. The lowest BCUT2D eigenvalue weighted by Gasteiger charge is -2.19. The molecule has 0 fully saturated rings. The molecule has 30 heavy (non-hydrogen) atoms. The van der Waals surface area contributed by atoms with Crippen LogP contribution in [0, 0.1) is 0 Å². The molecule has 1 heterocycles. The SMILES string of the molecule is NC(Cc1cnc[nH]1)C(=O)NC(CO)C(=O)NCC(=O)NC(CCC(=O)O)C(=O)O. The van der Waals surface area contributed by atoms with Crippen LogP contribution in [0.3, 0.4) is 0 Å². The summed E-state index contributed by atoms with van der Waals surface area (Å²) in [5.41, 5.74) is 6.32. The summed E-state index contributed by atoms with van der Waals surface area (Å²) >= 11 is 0. The Kier molecular flexibility index (Phi) is 9.91. The summed E-state index contributed by atoms with van der Waals surface area (Å²) < 4.78 is 0. The molecule has 0 saturated heterocycles. The van der Waals surface area contributed by atoms with Gasteiger partial charge in [-0.1, -0.05) is 0 Å². The van der Waals surface area contributed by atoms with Crippen LogP contribution in [-0.2, 0) is 30.4 Å². The van der Waals surface area contributed by atoms with Crippen molar-refractivity contribution < 1.29 is 39.3 Å². The van der Waals surface area contributed by atoms with Gasteiger partial charge in [0.2, 0.25) is 17.7 Å². The largest absolute Gasteiger partial charge is 0.481 e. The van der Waals surface area contributed by atoms with E-state index in [0.29, 0.717) is 5.69 Å². The Hall–Kier alpha value is -3.52. The highest BCUT2D eigenvalue weighted by molar-refractivity contribution is 5.92. The van der Waals surface area contributed by atoms with Crippen LogP contribution >= 0.6 is 0 Å². The van der Waals surface area contributed by atoms with E-state index in [1.54, 1.807) is 0 Å². The Balaban J connectivity index is 2.49. The number of hydrogen-bond donors (Lipinski definition) is 8. The molecule has 14 heteroatoms. The Labute approximate surface area is 170 Å². The van der Waals surface area contributed by atoms with Gasteiger partial charge in [0.15, 0.2) is 0 Å². The minimum Gasteiger partial charge on any atom is -0.481 e. The van der Waals surface area contributed by atoms with Gasteiger partial charge >= 0.3 is 11.9 Å². The van der Waals surface area contributed by atoms with Crippen LogP contribution in [0.25, 0.3) is 0 Å². The molecule has 0 saturated carbocycles. The number of carbonyl (C=O) groups excluding carboxylic acids is 3. The number of carboxylic acid groups (broad SMARTS) is 2. The van der Waals surface area contributed by atoms with Gasteiger partial charge in [-0.3, -0.25) is 19.2 Å². The molecule has 1 rings (SSSR count). The first-order valence-corrected chi connectivity index (χ1v) is 8.79. The first-order valence-electron chi connectivity index (χ1n) is 8.79. The number of hydrogen-bond acceptors (Lipinski definition) is 8. The maximum atomic E-state index is 12.1. The molecule has 0 aliphatic rings. The Bertz CT molecular complexity index is 753. The minimum absolute atomic E-state index is 0.112. The van der Waals surface area contributed by atoms with E-state index in [2.05, 4.69) is 25.9 Å². The number of H-pyrrole nitrogens is 1. The molecule has 0 bridgehead atoms. The number of aliphatic hydroxyl groups excluding tert-OH is 1. The summed E-state index contributed by atoms with van der Waals surface area (Å²) in [5, 5.41) is 33.4. The third-order valence-electron chi connectivity index (χ3n) is 3.85. The van der Waals surface area contributed by atoms with Gasteiger partial charge in [-0.15, -0.1) is 0 Å².